The summed E-state index contributed by atoms with van der Waals surface area (Å²) in [5.74, 6) is -1.06. The number of ether oxygens (including phenoxy) is 2. The monoisotopic (exact) mass is 584 g/mol. The van der Waals surface area contributed by atoms with Crippen LogP contribution in [0.3, 0.4) is 0 Å². The Morgan fingerprint density at radius 3 is 2.59 bits per heavy atom. The summed E-state index contributed by atoms with van der Waals surface area (Å²) >= 11 is 0.943. The van der Waals surface area contributed by atoms with Gasteiger partial charge in [-0.25, -0.2) is 8.42 Å². The fraction of sp³-hybridized carbons (Fsp3) is 0.385. The van der Waals surface area contributed by atoms with E-state index in [-0.39, 0.29) is 22.8 Å². The first-order chi connectivity index (χ1) is 18.4. The molecular formula is C26H27F3N2O6S2. The molecule has 1 saturated heterocycles. The molecule has 0 radical (unpaired) electrons. The number of fused-ring (bicyclic) bond motifs is 1. The van der Waals surface area contributed by atoms with Crippen LogP contribution in [0.2, 0.25) is 0 Å². The molecule has 0 spiro atoms. The Balaban J connectivity index is 1.46. The van der Waals surface area contributed by atoms with E-state index < -0.39 is 39.5 Å². The number of halogens is 3. The lowest BCUT2D eigenvalue weighted by Gasteiger charge is -2.31. The minimum atomic E-state index is -4.63. The van der Waals surface area contributed by atoms with Gasteiger partial charge < -0.3 is 14.4 Å². The van der Waals surface area contributed by atoms with E-state index >= 15 is 0 Å². The predicted octanol–water partition coefficient (Wildman–Crippen LogP) is 4.35. The highest BCUT2D eigenvalue weighted by atomic mass is 32.2. The van der Waals surface area contributed by atoms with E-state index in [1.807, 2.05) is 4.72 Å². The second kappa shape index (κ2) is 11.9. The quantitative estimate of drug-likeness (QED) is 0.483. The van der Waals surface area contributed by atoms with Gasteiger partial charge in [0.1, 0.15) is 13.2 Å². The van der Waals surface area contributed by atoms with Crippen LogP contribution in [0.15, 0.2) is 52.3 Å². The third-order valence-corrected chi connectivity index (χ3v) is 8.55. The maximum atomic E-state index is 13.9. The van der Waals surface area contributed by atoms with Crippen LogP contribution in [0.1, 0.15) is 30.9 Å². The molecule has 2 aliphatic heterocycles. The Morgan fingerprint density at radius 2 is 1.87 bits per heavy atom. The number of hydrogen-bond donors (Lipinski definition) is 1. The van der Waals surface area contributed by atoms with Crippen molar-refractivity contribution in [1.29, 1.82) is 0 Å². The van der Waals surface area contributed by atoms with Crippen molar-refractivity contribution < 1.29 is 40.7 Å². The Hall–Kier alpha value is -3.19. The fourth-order valence-corrected chi connectivity index (χ4v) is 5.74. The van der Waals surface area contributed by atoms with Crippen LogP contribution in [0, 0.1) is 5.92 Å². The predicted molar refractivity (Wildman–Crippen MR) is 139 cm³/mol. The summed E-state index contributed by atoms with van der Waals surface area (Å²) in [5, 5.41) is 0. The van der Waals surface area contributed by atoms with E-state index in [1.54, 1.807) is 18.2 Å². The number of amides is 2. The normalized spacial score (nSPS) is 17.7. The van der Waals surface area contributed by atoms with Gasteiger partial charge in [-0.2, -0.15) is 13.2 Å². The number of likely N-dealkylation sites (tertiary alicyclic amines) is 1. The second-order valence-electron chi connectivity index (χ2n) is 8.99. The van der Waals surface area contributed by atoms with Gasteiger partial charge in [0.25, 0.3) is 0 Å². The molecule has 13 heteroatoms. The third kappa shape index (κ3) is 7.47. The number of sulfonamides is 1. The molecule has 2 aromatic rings. The highest BCUT2D eigenvalue weighted by molar-refractivity contribution is 7.99. The number of alkyl halides is 3. The number of piperidine rings is 1. The zero-order chi connectivity index (χ0) is 28.2. The van der Waals surface area contributed by atoms with Crippen LogP contribution in [0.5, 0.6) is 11.5 Å². The molecule has 2 aliphatic rings. The number of carbonyl (C=O) groups is 2. The van der Waals surface area contributed by atoms with Gasteiger partial charge in [0, 0.05) is 29.0 Å². The van der Waals surface area contributed by atoms with E-state index in [9.17, 15) is 31.2 Å². The number of nitrogens with zero attached hydrogens (tertiary/aromatic N) is 1. The SMILES string of the molecule is CCS(=O)(=O)NC(=O)C1CCCN(C(=O)/C=C/c2ccc(Sc3ccc4c(c3)OCCO4)c(C(F)(F)F)c2)C1. The van der Waals surface area contributed by atoms with Crippen molar-refractivity contribution >= 4 is 39.7 Å². The maximum Gasteiger partial charge on any atom is 0.417 e. The summed E-state index contributed by atoms with van der Waals surface area (Å²) in [4.78, 5) is 27.0. The summed E-state index contributed by atoms with van der Waals surface area (Å²) in [6.07, 6.45) is -1.26. The molecule has 210 valence electrons. The zero-order valence-electron chi connectivity index (χ0n) is 21.0. The highest BCUT2D eigenvalue weighted by Gasteiger charge is 2.34. The van der Waals surface area contributed by atoms with Crippen molar-refractivity contribution in [3.05, 3.63) is 53.6 Å². The topological polar surface area (TPSA) is 102 Å². The van der Waals surface area contributed by atoms with Crippen LogP contribution in [0.4, 0.5) is 13.2 Å². The molecule has 2 heterocycles. The van der Waals surface area contributed by atoms with E-state index in [4.69, 9.17) is 9.47 Å². The van der Waals surface area contributed by atoms with Gasteiger partial charge in [-0.05, 0) is 61.7 Å². The molecular weight excluding hydrogens is 557 g/mol. The van der Waals surface area contributed by atoms with Gasteiger partial charge in [0.05, 0.1) is 17.2 Å². The zero-order valence-corrected chi connectivity index (χ0v) is 22.6. The molecule has 1 atom stereocenters. The smallest absolute Gasteiger partial charge is 0.417 e. The first kappa shape index (κ1) is 28.8. The molecule has 4 rings (SSSR count). The number of nitrogens with one attached hydrogen (secondary N) is 1. The van der Waals surface area contributed by atoms with Crippen LogP contribution in [-0.2, 0) is 25.8 Å². The van der Waals surface area contributed by atoms with Crippen LogP contribution < -0.4 is 14.2 Å². The second-order valence-corrected chi connectivity index (χ2v) is 12.1. The highest BCUT2D eigenvalue weighted by Crippen LogP contribution is 2.42. The molecule has 2 amide bonds. The third-order valence-electron chi connectivity index (χ3n) is 6.21. The Kier molecular flexibility index (Phi) is 8.80. The van der Waals surface area contributed by atoms with Crippen molar-refractivity contribution in [1.82, 2.24) is 9.62 Å². The van der Waals surface area contributed by atoms with Gasteiger partial charge >= 0.3 is 6.18 Å². The Morgan fingerprint density at radius 1 is 1.13 bits per heavy atom. The lowest BCUT2D eigenvalue weighted by Crippen LogP contribution is -2.46. The molecule has 1 N–H and O–H groups in total. The first-order valence-electron chi connectivity index (χ1n) is 12.3. The Bertz CT molecular complexity index is 1380. The minimum Gasteiger partial charge on any atom is -0.486 e. The number of hydrogen-bond acceptors (Lipinski definition) is 7. The summed E-state index contributed by atoms with van der Waals surface area (Å²) in [6.45, 7) is 2.55. The minimum absolute atomic E-state index is 0.00503. The standard InChI is InChI=1S/C26H27F3N2O6S2/c1-2-39(34,35)30-25(33)18-4-3-11-31(16-18)24(32)10-6-17-5-9-23(20(14-17)26(27,28)29)38-19-7-8-21-22(15-19)37-13-12-36-21/h5-10,14-15,18H,2-4,11-13,16H2,1H3,(H,30,33)/b10-6+. The van der Waals surface area contributed by atoms with Crippen molar-refractivity contribution in [3.63, 3.8) is 0 Å². The van der Waals surface area contributed by atoms with Crippen molar-refractivity contribution in [2.45, 2.75) is 35.7 Å². The summed E-state index contributed by atoms with van der Waals surface area (Å²) in [7, 11) is -3.72. The van der Waals surface area contributed by atoms with E-state index in [1.165, 1.54) is 30.0 Å². The summed E-state index contributed by atoms with van der Waals surface area (Å²) in [6, 6.07) is 8.77. The number of benzene rings is 2. The van der Waals surface area contributed by atoms with Crippen molar-refractivity contribution in [3.8, 4) is 11.5 Å². The van der Waals surface area contributed by atoms with Gasteiger partial charge in [-0.15, -0.1) is 0 Å². The molecule has 1 unspecified atom stereocenters. The van der Waals surface area contributed by atoms with Crippen molar-refractivity contribution in [2.24, 2.45) is 5.92 Å². The van der Waals surface area contributed by atoms with Crippen molar-refractivity contribution in [2.75, 3.05) is 32.1 Å². The van der Waals surface area contributed by atoms with Crippen LogP contribution in [0.25, 0.3) is 6.08 Å². The average molecular weight is 585 g/mol. The number of carbonyl (C=O) groups excluding carboxylic acids is 2. The molecule has 8 nitrogen and oxygen atoms in total. The average Bonchev–Trinajstić information content (AvgIpc) is 2.91. The molecule has 0 aliphatic carbocycles. The maximum absolute atomic E-state index is 13.9. The molecule has 0 aromatic heterocycles. The van der Waals surface area contributed by atoms with E-state index in [2.05, 4.69) is 0 Å². The van der Waals surface area contributed by atoms with Gasteiger partial charge in [0.2, 0.25) is 21.8 Å². The lowest BCUT2D eigenvalue weighted by atomic mass is 9.97. The largest absolute Gasteiger partial charge is 0.486 e. The first-order valence-corrected chi connectivity index (χ1v) is 14.7. The molecule has 0 bridgehead atoms. The lowest BCUT2D eigenvalue weighted by molar-refractivity contribution is -0.139. The molecule has 39 heavy (non-hydrogen) atoms. The van der Waals surface area contributed by atoms with Gasteiger partial charge in [-0.3, -0.25) is 14.3 Å². The van der Waals surface area contributed by atoms with Gasteiger partial charge in [0.15, 0.2) is 11.5 Å². The molecule has 0 saturated carbocycles. The summed E-state index contributed by atoms with van der Waals surface area (Å²) < 4.78 is 78.1. The molecule has 2 aromatic carbocycles. The summed E-state index contributed by atoms with van der Waals surface area (Å²) in [5.41, 5.74) is -0.661. The fourth-order valence-electron chi connectivity index (χ4n) is 4.15. The Labute approximate surface area is 228 Å². The molecule has 1 fully saturated rings. The number of rotatable bonds is 7. The van der Waals surface area contributed by atoms with Crippen LogP contribution in [-0.4, -0.2) is 57.2 Å². The van der Waals surface area contributed by atoms with Crippen LogP contribution >= 0.6 is 11.8 Å². The van der Waals surface area contributed by atoms with Gasteiger partial charge in [-0.1, -0.05) is 17.8 Å². The van der Waals surface area contributed by atoms with E-state index in [0.29, 0.717) is 49.0 Å². The van der Waals surface area contributed by atoms with E-state index in [0.717, 1.165) is 23.9 Å².